The molecule has 2 rings (SSSR count). The van der Waals surface area contributed by atoms with Crippen molar-refractivity contribution in [2.45, 2.75) is 13.0 Å². The highest BCUT2D eigenvalue weighted by atomic mass is 32.1. The summed E-state index contributed by atoms with van der Waals surface area (Å²) in [5.74, 6) is 0.770. The second kappa shape index (κ2) is 3.60. The van der Waals surface area contributed by atoms with E-state index in [-0.39, 0.29) is 6.04 Å². The van der Waals surface area contributed by atoms with Gasteiger partial charge in [0.05, 0.1) is 12.6 Å². The van der Waals surface area contributed by atoms with E-state index in [1.54, 1.807) is 11.6 Å². The second-order valence-electron chi connectivity index (χ2n) is 2.94. The molecule has 2 heterocycles. The van der Waals surface area contributed by atoms with Gasteiger partial charge in [-0.2, -0.15) is 9.61 Å². The first-order valence-electron chi connectivity index (χ1n) is 4.15. The van der Waals surface area contributed by atoms with Crippen molar-refractivity contribution in [1.82, 2.24) is 19.8 Å². The fraction of sp³-hybridized carbons (Fsp3) is 0.571. The fourth-order valence-electron chi connectivity index (χ4n) is 1.13. The minimum absolute atomic E-state index is 0.189. The minimum Gasteiger partial charge on any atom is -0.383 e. The van der Waals surface area contributed by atoms with Crippen molar-refractivity contribution in [2.24, 2.45) is 5.73 Å². The van der Waals surface area contributed by atoms with Gasteiger partial charge in [0.2, 0.25) is 4.96 Å². The number of hydrogen-bond donors (Lipinski definition) is 1. The molecule has 0 bridgehead atoms. The molecule has 0 amide bonds. The lowest BCUT2D eigenvalue weighted by Crippen LogP contribution is -2.16. The Kier molecular flexibility index (Phi) is 2.44. The molecule has 1 atom stereocenters. The number of rotatable bonds is 3. The van der Waals surface area contributed by atoms with Crippen LogP contribution in [-0.2, 0) is 4.74 Å². The van der Waals surface area contributed by atoms with Crippen LogP contribution in [0.3, 0.4) is 0 Å². The molecule has 0 radical (unpaired) electrons. The first-order chi connectivity index (χ1) is 6.72. The van der Waals surface area contributed by atoms with E-state index < -0.39 is 0 Å². The Labute approximate surface area is 84.7 Å². The van der Waals surface area contributed by atoms with E-state index in [0.717, 1.165) is 15.8 Å². The molecule has 0 aliphatic rings. The summed E-state index contributed by atoms with van der Waals surface area (Å²) in [5, 5.41) is 13.0. The Morgan fingerprint density at radius 1 is 1.57 bits per heavy atom. The third kappa shape index (κ3) is 1.49. The highest BCUT2D eigenvalue weighted by Crippen LogP contribution is 2.18. The van der Waals surface area contributed by atoms with Crippen molar-refractivity contribution in [1.29, 1.82) is 0 Å². The Bertz CT molecular complexity index is 436. The molecular formula is C7H11N5OS. The van der Waals surface area contributed by atoms with E-state index in [2.05, 4.69) is 15.3 Å². The number of fused-ring (bicyclic) bond motifs is 1. The van der Waals surface area contributed by atoms with E-state index in [9.17, 15) is 0 Å². The van der Waals surface area contributed by atoms with Crippen molar-refractivity contribution in [3.63, 3.8) is 0 Å². The standard InChI is InChI=1S/C7H11N5OS/c1-4-9-10-7-12(4)11-6(14-7)5(8)3-13-2/h5H,3,8H2,1-2H3. The maximum Gasteiger partial charge on any atom is 0.234 e. The number of aryl methyl sites for hydroxylation is 1. The van der Waals surface area contributed by atoms with Crippen molar-refractivity contribution < 1.29 is 4.74 Å². The van der Waals surface area contributed by atoms with Gasteiger partial charge in [-0.05, 0) is 6.92 Å². The zero-order chi connectivity index (χ0) is 10.1. The van der Waals surface area contributed by atoms with Crippen LogP contribution in [0, 0.1) is 6.92 Å². The van der Waals surface area contributed by atoms with Gasteiger partial charge in [-0.1, -0.05) is 11.3 Å². The zero-order valence-electron chi connectivity index (χ0n) is 7.97. The van der Waals surface area contributed by atoms with Gasteiger partial charge in [0.15, 0.2) is 5.82 Å². The maximum atomic E-state index is 5.84. The molecule has 0 saturated heterocycles. The summed E-state index contributed by atoms with van der Waals surface area (Å²) in [7, 11) is 1.62. The quantitative estimate of drug-likeness (QED) is 0.784. The SMILES string of the molecule is COCC(N)c1nn2c(C)nnc2s1. The predicted octanol–water partition coefficient (Wildman–Crippen LogP) is 0.140. The third-order valence-electron chi connectivity index (χ3n) is 1.83. The van der Waals surface area contributed by atoms with Gasteiger partial charge in [-0.25, -0.2) is 0 Å². The largest absolute Gasteiger partial charge is 0.383 e. The average Bonchev–Trinajstić information content (AvgIpc) is 2.69. The molecule has 76 valence electrons. The Morgan fingerprint density at radius 2 is 2.36 bits per heavy atom. The van der Waals surface area contributed by atoms with Gasteiger partial charge in [0.1, 0.15) is 5.01 Å². The van der Waals surface area contributed by atoms with Crippen LogP contribution in [-0.4, -0.2) is 33.5 Å². The van der Waals surface area contributed by atoms with Crippen LogP contribution in [0.25, 0.3) is 4.96 Å². The summed E-state index contributed by atoms with van der Waals surface area (Å²) in [6.07, 6.45) is 0. The lowest BCUT2D eigenvalue weighted by Gasteiger charge is -2.04. The number of nitrogens with zero attached hydrogens (tertiary/aromatic N) is 4. The van der Waals surface area contributed by atoms with Crippen LogP contribution >= 0.6 is 11.3 Å². The summed E-state index contributed by atoms with van der Waals surface area (Å²) >= 11 is 1.44. The third-order valence-corrected chi connectivity index (χ3v) is 2.86. The number of hydrogen-bond acceptors (Lipinski definition) is 6. The van der Waals surface area contributed by atoms with E-state index in [4.69, 9.17) is 10.5 Å². The van der Waals surface area contributed by atoms with Crippen LogP contribution < -0.4 is 5.73 Å². The first kappa shape index (κ1) is 9.50. The molecule has 6 nitrogen and oxygen atoms in total. The van der Waals surface area contributed by atoms with Crippen molar-refractivity contribution in [2.75, 3.05) is 13.7 Å². The molecule has 1 unspecified atom stereocenters. The first-order valence-corrected chi connectivity index (χ1v) is 4.97. The fourth-order valence-corrected chi connectivity index (χ4v) is 2.00. The summed E-state index contributed by atoms with van der Waals surface area (Å²) in [4.78, 5) is 0.768. The van der Waals surface area contributed by atoms with Crippen LogP contribution in [0.1, 0.15) is 16.9 Å². The van der Waals surface area contributed by atoms with E-state index >= 15 is 0 Å². The predicted molar refractivity (Wildman–Crippen MR) is 52.2 cm³/mol. The number of methoxy groups -OCH3 is 1. The van der Waals surface area contributed by atoms with E-state index in [0.29, 0.717) is 6.61 Å². The molecule has 0 spiro atoms. The van der Waals surface area contributed by atoms with E-state index in [1.807, 2.05) is 6.92 Å². The molecule has 14 heavy (non-hydrogen) atoms. The van der Waals surface area contributed by atoms with Gasteiger partial charge in [-0.15, -0.1) is 10.2 Å². The number of ether oxygens (including phenoxy) is 1. The smallest absolute Gasteiger partial charge is 0.234 e. The normalized spacial score (nSPS) is 13.6. The summed E-state index contributed by atoms with van der Waals surface area (Å²) in [6, 6.07) is -0.189. The summed E-state index contributed by atoms with van der Waals surface area (Å²) < 4.78 is 6.65. The molecule has 7 heteroatoms. The van der Waals surface area contributed by atoms with Crippen molar-refractivity contribution >= 4 is 16.3 Å². The Hall–Kier alpha value is -1.05. The lowest BCUT2D eigenvalue weighted by atomic mass is 10.4. The van der Waals surface area contributed by atoms with Gasteiger partial charge in [0.25, 0.3) is 0 Å². The monoisotopic (exact) mass is 213 g/mol. The van der Waals surface area contributed by atoms with Crippen LogP contribution in [0.4, 0.5) is 0 Å². The number of aromatic nitrogens is 4. The Morgan fingerprint density at radius 3 is 3.00 bits per heavy atom. The highest BCUT2D eigenvalue weighted by Gasteiger charge is 2.14. The van der Waals surface area contributed by atoms with Crippen molar-refractivity contribution in [3.05, 3.63) is 10.8 Å². The van der Waals surface area contributed by atoms with Gasteiger partial charge < -0.3 is 10.5 Å². The molecule has 2 N–H and O–H groups in total. The molecule has 0 aliphatic carbocycles. The second-order valence-corrected chi connectivity index (χ2v) is 3.93. The van der Waals surface area contributed by atoms with Gasteiger partial charge in [0, 0.05) is 7.11 Å². The Balaban J connectivity index is 2.35. The lowest BCUT2D eigenvalue weighted by molar-refractivity contribution is 0.180. The van der Waals surface area contributed by atoms with Crippen molar-refractivity contribution in [3.8, 4) is 0 Å². The molecule has 0 fully saturated rings. The molecule has 2 aromatic heterocycles. The molecule has 0 aliphatic heterocycles. The van der Waals surface area contributed by atoms with Gasteiger partial charge in [-0.3, -0.25) is 0 Å². The molecule has 0 saturated carbocycles. The zero-order valence-corrected chi connectivity index (χ0v) is 8.78. The molecule has 0 aromatic carbocycles. The van der Waals surface area contributed by atoms with Crippen LogP contribution in [0.2, 0.25) is 0 Å². The summed E-state index contributed by atoms with van der Waals surface area (Å²) in [6.45, 7) is 2.31. The minimum atomic E-state index is -0.189. The van der Waals surface area contributed by atoms with Crippen LogP contribution in [0.5, 0.6) is 0 Å². The van der Waals surface area contributed by atoms with Gasteiger partial charge >= 0.3 is 0 Å². The average molecular weight is 213 g/mol. The highest BCUT2D eigenvalue weighted by molar-refractivity contribution is 7.16. The molecular weight excluding hydrogens is 202 g/mol. The topological polar surface area (TPSA) is 78.3 Å². The van der Waals surface area contributed by atoms with E-state index in [1.165, 1.54) is 11.3 Å². The maximum absolute atomic E-state index is 5.84. The van der Waals surface area contributed by atoms with Crippen LogP contribution in [0.15, 0.2) is 0 Å². The summed E-state index contributed by atoms with van der Waals surface area (Å²) in [5.41, 5.74) is 5.84. The molecule has 2 aromatic rings. The number of nitrogens with two attached hydrogens (primary N) is 1.